The van der Waals surface area contributed by atoms with E-state index >= 15 is 0 Å². The Bertz CT molecular complexity index is 228. The Morgan fingerprint density at radius 1 is 1.36 bits per heavy atom. The van der Waals surface area contributed by atoms with Crippen LogP contribution < -0.4 is 0 Å². The number of hydrogen-bond donors (Lipinski definition) is 0. The van der Waals surface area contributed by atoms with Crippen LogP contribution in [0.5, 0.6) is 0 Å². The number of aryl methyl sites for hydroxylation is 1. The highest BCUT2D eigenvalue weighted by molar-refractivity contribution is 5.55. The summed E-state index contributed by atoms with van der Waals surface area (Å²) < 4.78 is 0. The molecule has 0 bridgehead atoms. The third kappa shape index (κ3) is 2.54. The van der Waals surface area contributed by atoms with Crippen molar-refractivity contribution in [3.63, 3.8) is 0 Å². The predicted molar refractivity (Wildman–Crippen MR) is 47.7 cm³/mol. The van der Waals surface area contributed by atoms with Crippen LogP contribution in [0.2, 0.25) is 0 Å². The SMILES string of the molecule is C.Cc1ccccc1CC=O. The van der Waals surface area contributed by atoms with E-state index in [1.807, 2.05) is 31.2 Å². The Hall–Kier alpha value is -1.11. The standard InChI is InChI=1S/C9H10O.CH4/c1-8-4-2-3-5-9(8)6-7-10;/h2-5,7H,6H2,1H3;1H4. The van der Waals surface area contributed by atoms with Gasteiger partial charge in [0.1, 0.15) is 6.29 Å². The maximum Gasteiger partial charge on any atom is 0.124 e. The first-order chi connectivity index (χ1) is 4.84. The van der Waals surface area contributed by atoms with Crippen LogP contribution in [0.25, 0.3) is 0 Å². The summed E-state index contributed by atoms with van der Waals surface area (Å²) in [5.41, 5.74) is 2.31. The van der Waals surface area contributed by atoms with E-state index in [1.54, 1.807) is 0 Å². The van der Waals surface area contributed by atoms with Gasteiger partial charge in [0.05, 0.1) is 0 Å². The zero-order valence-corrected chi connectivity index (χ0v) is 6.00. The molecule has 0 aliphatic carbocycles. The Kier molecular flexibility index (Phi) is 4.20. The first kappa shape index (κ1) is 9.89. The minimum absolute atomic E-state index is 0. The first-order valence-corrected chi connectivity index (χ1v) is 3.32. The van der Waals surface area contributed by atoms with E-state index in [2.05, 4.69) is 0 Å². The number of benzene rings is 1. The highest BCUT2D eigenvalue weighted by Gasteiger charge is 1.92. The van der Waals surface area contributed by atoms with Gasteiger partial charge in [0, 0.05) is 6.42 Å². The second-order valence-electron chi connectivity index (χ2n) is 2.30. The van der Waals surface area contributed by atoms with E-state index in [0.29, 0.717) is 6.42 Å². The Labute approximate surface area is 68.1 Å². The summed E-state index contributed by atoms with van der Waals surface area (Å²) in [6.07, 6.45) is 1.47. The van der Waals surface area contributed by atoms with Gasteiger partial charge in [-0.05, 0) is 18.1 Å². The van der Waals surface area contributed by atoms with Gasteiger partial charge < -0.3 is 4.79 Å². The van der Waals surface area contributed by atoms with Crippen LogP contribution in [-0.4, -0.2) is 6.29 Å². The van der Waals surface area contributed by atoms with E-state index in [1.165, 1.54) is 5.56 Å². The topological polar surface area (TPSA) is 17.1 Å². The van der Waals surface area contributed by atoms with Crippen LogP contribution in [0.4, 0.5) is 0 Å². The summed E-state index contributed by atoms with van der Waals surface area (Å²) in [6.45, 7) is 2.01. The lowest BCUT2D eigenvalue weighted by Crippen LogP contribution is -1.88. The summed E-state index contributed by atoms with van der Waals surface area (Å²) in [5.74, 6) is 0. The van der Waals surface area contributed by atoms with Gasteiger partial charge in [-0.25, -0.2) is 0 Å². The molecule has 0 atom stereocenters. The molecule has 0 radical (unpaired) electrons. The van der Waals surface area contributed by atoms with E-state index in [4.69, 9.17) is 0 Å². The molecule has 11 heavy (non-hydrogen) atoms. The predicted octanol–water partition coefficient (Wildman–Crippen LogP) is 2.37. The number of aldehydes is 1. The fraction of sp³-hybridized carbons (Fsp3) is 0.300. The maximum atomic E-state index is 10.1. The first-order valence-electron chi connectivity index (χ1n) is 3.32. The van der Waals surface area contributed by atoms with Crippen molar-refractivity contribution in [2.75, 3.05) is 0 Å². The van der Waals surface area contributed by atoms with Gasteiger partial charge in [-0.15, -0.1) is 0 Å². The molecule has 0 heterocycles. The molecule has 0 aliphatic heterocycles. The summed E-state index contributed by atoms with van der Waals surface area (Å²) in [4.78, 5) is 10.1. The quantitative estimate of drug-likeness (QED) is 0.591. The van der Waals surface area contributed by atoms with Crippen molar-refractivity contribution < 1.29 is 4.79 Å². The maximum absolute atomic E-state index is 10.1. The Morgan fingerprint density at radius 3 is 2.55 bits per heavy atom. The molecule has 0 aliphatic rings. The molecule has 0 N–H and O–H groups in total. The second kappa shape index (κ2) is 4.67. The van der Waals surface area contributed by atoms with Gasteiger partial charge in [0.15, 0.2) is 0 Å². The van der Waals surface area contributed by atoms with Crippen LogP contribution in [0.1, 0.15) is 18.6 Å². The largest absolute Gasteiger partial charge is 0.303 e. The summed E-state index contributed by atoms with van der Waals surface area (Å²) in [5, 5.41) is 0. The molecule has 0 saturated carbocycles. The minimum Gasteiger partial charge on any atom is -0.303 e. The molecule has 1 rings (SSSR count). The monoisotopic (exact) mass is 150 g/mol. The molecule has 1 aromatic carbocycles. The van der Waals surface area contributed by atoms with Crippen molar-refractivity contribution in [1.82, 2.24) is 0 Å². The molecule has 0 saturated heterocycles. The lowest BCUT2D eigenvalue weighted by molar-refractivity contribution is -0.107. The van der Waals surface area contributed by atoms with E-state index in [-0.39, 0.29) is 7.43 Å². The zero-order chi connectivity index (χ0) is 7.40. The molecule has 0 aromatic heterocycles. The van der Waals surface area contributed by atoms with Crippen LogP contribution in [0.3, 0.4) is 0 Å². The lowest BCUT2D eigenvalue weighted by atomic mass is 10.1. The molecule has 0 amide bonds. The van der Waals surface area contributed by atoms with Crippen molar-refractivity contribution in [2.24, 2.45) is 0 Å². The third-order valence-corrected chi connectivity index (χ3v) is 1.56. The Morgan fingerprint density at radius 2 is 2.00 bits per heavy atom. The number of carbonyl (C=O) groups excluding carboxylic acids is 1. The van der Waals surface area contributed by atoms with E-state index < -0.39 is 0 Å². The molecule has 0 unspecified atom stereocenters. The minimum atomic E-state index is 0. The number of hydrogen-bond acceptors (Lipinski definition) is 1. The highest BCUT2D eigenvalue weighted by Crippen LogP contribution is 2.05. The average molecular weight is 150 g/mol. The molecular weight excluding hydrogens is 136 g/mol. The fourth-order valence-electron chi connectivity index (χ4n) is 0.929. The van der Waals surface area contributed by atoms with E-state index in [9.17, 15) is 4.79 Å². The number of rotatable bonds is 2. The second-order valence-corrected chi connectivity index (χ2v) is 2.30. The third-order valence-electron chi connectivity index (χ3n) is 1.56. The lowest BCUT2D eigenvalue weighted by Gasteiger charge is -1.97. The van der Waals surface area contributed by atoms with Gasteiger partial charge >= 0.3 is 0 Å². The average Bonchev–Trinajstić information content (AvgIpc) is 1.94. The van der Waals surface area contributed by atoms with Crippen molar-refractivity contribution in [3.05, 3.63) is 35.4 Å². The van der Waals surface area contributed by atoms with Crippen molar-refractivity contribution in [3.8, 4) is 0 Å². The smallest absolute Gasteiger partial charge is 0.124 e. The zero-order valence-electron chi connectivity index (χ0n) is 6.00. The molecular formula is C10H14O. The highest BCUT2D eigenvalue weighted by atomic mass is 16.1. The van der Waals surface area contributed by atoms with Crippen molar-refractivity contribution in [2.45, 2.75) is 20.8 Å². The van der Waals surface area contributed by atoms with Gasteiger partial charge in [-0.3, -0.25) is 0 Å². The fourth-order valence-corrected chi connectivity index (χ4v) is 0.929. The van der Waals surface area contributed by atoms with Crippen LogP contribution in [0.15, 0.2) is 24.3 Å². The van der Waals surface area contributed by atoms with Crippen LogP contribution in [0, 0.1) is 6.92 Å². The summed E-state index contributed by atoms with van der Waals surface area (Å²) in [6, 6.07) is 7.91. The Balaban J connectivity index is 0.000001000. The van der Waals surface area contributed by atoms with Gasteiger partial charge in [0.2, 0.25) is 0 Å². The van der Waals surface area contributed by atoms with Gasteiger partial charge in [-0.2, -0.15) is 0 Å². The molecule has 0 fully saturated rings. The molecule has 1 aromatic rings. The van der Waals surface area contributed by atoms with Crippen molar-refractivity contribution >= 4 is 6.29 Å². The van der Waals surface area contributed by atoms with Crippen molar-refractivity contribution in [1.29, 1.82) is 0 Å². The van der Waals surface area contributed by atoms with Gasteiger partial charge in [-0.1, -0.05) is 31.7 Å². The summed E-state index contributed by atoms with van der Waals surface area (Å²) >= 11 is 0. The molecule has 1 nitrogen and oxygen atoms in total. The molecule has 0 spiro atoms. The normalized spacial score (nSPS) is 8.45. The van der Waals surface area contributed by atoms with E-state index in [0.717, 1.165) is 11.8 Å². The molecule has 1 heteroatoms. The summed E-state index contributed by atoms with van der Waals surface area (Å²) in [7, 11) is 0. The number of carbonyl (C=O) groups is 1. The van der Waals surface area contributed by atoms with Crippen LogP contribution >= 0.6 is 0 Å². The molecule has 60 valence electrons. The van der Waals surface area contributed by atoms with Crippen LogP contribution in [-0.2, 0) is 11.2 Å². The van der Waals surface area contributed by atoms with Gasteiger partial charge in [0.25, 0.3) is 0 Å².